The third kappa shape index (κ3) is 8.09. The SMILES string of the molecule is C[Si](C)=[Zr+2].Cc1[c-]c2c(cc1)-c1ccc(C)cc1C2.[C-]1=CC=CC1.[Cl-].[Cl-]. The van der Waals surface area contributed by atoms with Gasteiger partial charge in [0.25, 0.3) is 0 Å². The molecule has 4 heteroatoms. The summed E-state index contributed by atoms with van der Waals surface area (Å²) in [6, 6.07) is 14.5. The summed E-state index contributed by atoms with van der Waals surface area (Å²) in [4.78, 5) is 0. The van der Waals surface area contributed by atoms with E-state index in [1.165, 1.54) is 33.4 Å². The van der Waals surface area contributed by atoms with Gasteiger partial charge in [-0.25, -0.2) is 12.2 Å². The van der Waals surface area contributed by atoms with E-state index in [0.29, 0.717) is 0 Å². The van der Waals surface area contributed by atoms with Crippen molar-refractivity contribution >= 4 is 5.43 Å². The third-order valence-electron chi connectivity index (χ3n) is 3.68. The molecule has 0 aromatic heterocycles. The van der Waals surface area contributed by atoms with Crippen LogP contribution in [-0.4, -0.2) is 5.43 Å². The Labute approximate surface area is 186 Å². The first-order valence-electron chi connectivity index (χ1n) is 8.32. The van der Waals surface area contributed by atoms with Crippen molar-refractivity contribution in [3.05, 3.63) is 83.0 Å². The Morgan fingerprint density at radius 3 is 2.19 bits per heavy atom. The predicted octanol–water partition coefficient (Wildman–Crippen LogP) is -0.227. The van der Waals surface area contributed by atoms with Crippen molar-refractivity contribution in [2.24, 2.45) is 0 Å². The zero-order chi connectivity index (χ0) is 17.5. The average molecular weight is 479 g/mol. The van der Waals surface area contributed by atoms with Gasteiger partial charge in [0.15, 0.2) is 0 Å². The van der Waals surface area contributed by atoms with Crippen molar-refractivity contribution in [3.63, 3.8) is 0 Å². The van der Waals surface area contributed by atoms with Gasteiger partial charge < -0.3 is 24.8 Å². The molecule has 0 radical (unpaired) electrons. The second-order valence-electron chi connectivity index (χ2n) is 6.37. The molecule has 2 aliphatic rings. The monoisotopic (exact) mass is 476 g/mol. The standard InChI is InChI=1S/C15H13.C5H5.C2H6Si.2ClH.Zr/c1-10-3-5-14-12(7-10)9-13-8-11(2)4-6-15(13)14;1-2-4-5-3-1;1-3-2;;;/h3-7H,9H2,1-2H3;1-3H,4H2;1-2H3;2*1H;/q2*-1;;;;+2/p-2. The normalized spacial score (nSPS) is 11.6. The van der Waals surface area contributed by atoms with Crippen LogP contribution in [0.3, 0.4) is 0 Å². The number of hydrogen-bond donors (Lipinski definition) is 0. The zero-order valence-corrected chi connectivity index (χ0v) is 20.8. The van der Waals surface area contributed by atoms with E-state index in [-0.39, 0.29) is 30.2 Å². The van der Waals surface area contributed by atoms with E-state index in [1.54, 1.807) is 23.3 Å². The molecule has 0 heterocycles. The molecule has 2 aromatic carbocycles. The second kappa shape index (κ2) is 12.9. The first-order chi connectivity index (χ1) is 11.5. The molecule has 4 rings (SSSR count). The van der Waals surface area contributed by atoms with Crippen molar-refractivity contribution < 1.29 is 48.1 Å². The molecule has 26 heavy (non-hydrogen) atoms. The number of fused-ring (bicyclic) bond motifs is 3. The summed E-state index contributed by atoms with van der Waals surface area (Å²) in [5.41, 5.74) is 8.36. The molecular weight excluding hydrogens is 454 g/mol. The molecule has 0 amide bonds. The fourth-order valence-electron chi connectivity index (χ4n) is 2.71. The molecule has 0 aliphatic heterocycles. The van der Waals surface area contributed by atoms with Crippen LogP contribution in [0.4, 0.5) is 0 Å². The Morgan fingerprint density at radius 1 is 1.00 bits per heavy atom. The number of aryl methyl sites for hydroxylation is 2. The zero-order valence-electron chi connectivity index (χ0n) is 15.8. The van der Waals surface area contributed by atoms with Crippen LogP contribution in [0.25, 0.3) is 11.1 Å². The molecule has 0 nitrogen and oxygen atoms in total. The largest absolute Gasteiger partial charge is 1.00 e. The maximum Gasteiger partial charge on any atom is -0.0253 e. The Kier molecular flexibility index (Phi) is 12.7. The second-order valence-corrected chi connectivity index (χ2v) is 15.7. The van der Waals surface area contributed by atoms with E-state index in [0.717, 1.165) is 12.8 Å². The molecule has 136 valence electrons. The Balaban J connectivity index is 0.000000480. The molecule has 2 aliphatic carbocycles. The van der Waals surface area contributed by atoms with E-state index < -0.39 is 0 Å². The number of allylic oxidation sites excluding steroid dienone is 4. The maximum atomic E-state index is 3.45. The molecule has 0 atom stereocenters. The molecule has 0 saturated heterocycles. The molecule has 2 aromatic rings. The topological polar surface area (TPSA) is 0 Å². The first kappa shape index (κ1) is 25.6. The average Bonchev–Trinajstić information content (AvgIpc) is 3.16. The van der Waals surface area contributed by atoms with Crippen LogP contribution in [0.2, 0.25) is 13.1 Å². The molecule has 0 fully saturated rings. The van der Waals surface area contributed by atoms with Gasteiger partial charge in [-0.15, -0.1) is 17.5 Å². The summed E-state index contributed by atoms with van der Waals surface area (Å²) in [6.45, 7) is 8.87. The number of halogens is 2. The van der Waals surface area contributed by atoms with Crippen molar-refractivity contribution in [2.45, 2.75) is 39.8 Å². The van der Waals surface area contributed by atoms with Crippen LogP contribution >= 0.6 is 0 Å². The fourth-order valence-corrected chi connectivity index (χ4v) is 2.71. The van der Waals surface area contributed by atoms with E-state index in [4.69, 9.17) is 0 Å². The molecule has 0 saturated carbocycles. The minimum Gasteiger partial charge on any atom is -1.00 e. The van der Waals surface area contributed by atoms with Crippen LogP contribution in [-0.2, 0) is 29.8 Å². The van der Waals surface area contributed by atoms with Gasteiger partial charge in [-0.3, -0.25) is 6.08 Å². The van der Waals surface area contributed by atoms with Gasteiger partial charge in [0.05, 0.1) is 0 Å². The van der Waals surface area contributed by atoms with E-state index in [1.807, 2.05) is 12.2 Å². The quantitative estimate of drug-likeness (QED) is 0.310. The maximum absolute atomic E-state index is 3.45. The Hall–Kier alpha value is -0.400. The minimum absolute atomic E-state index is 0. The summed E-state index contributed by atoms with van der Waals surface area (Å²) in [5.74, 6) is 0. The number of benzene rings is 2. The van der Waals surface area contributed by atoms with Gasteiger partial charge >= 0.3 is 41.9 Å². The van der Waals surface area contributed by atoms with Gasteiger partial charge in [-0.2, -0.15) is 29.8 Å². The van der Waals surface area contributed by atoms with Gasteiger partial charge in [-0.05, 0) is 18.9 Å². The van der Waals surface area contributed by atoms with Crippen LogP contribution < -0.4 is 24.8 Å². The molecule has 0 bridgehead atoms. The van der Waals surface area contributed by atoms with Crippen molar-refractivity contribution in [1.82, 2.24) is 0 Å². The van der Waals surface area contributed by atoms with Crippen LogP contribution in [0.1, 0.15) is 28.7 Å². The molecule has 0 unspecified atom stereocenters. The summed E-state index contributed by atoms with van der Waals surface area (Å²) in [7, 11) is 0. The van der Waals surface area contributed by atoms with Crippen molar-refractivity contribution in [3.8, 4) is 11.1 Å². The summed E-state index contributed by atoms with van der Waals surface area (Å²) >= 11 is 1.74. The molecular formula is C22H24Cl2SiZr-2. The van der Waals surface area contributed by atoms with Crippen molar-refractivity contribution in [1.29, 1.82) is 0 Å². The molecule has 0 spiro atoms. The Morgan fingerprint density at radius 2 is 1.65 bits per heavy atom. The number of hydrogen-bond acceptors (Lipinski definition) is 0. The van der Waals surface area contributed by atoms with Crippen LogP contribution in [0.15, 0.2) is 48.6 Å². The third-order valence-corrected chi connectivity index (χ3v) is 3.68. The Bertz CT molecular complexity index is 731. The van der Waals surface area contributed by atoms with Gasteiger partial charge in [0.2, 0.25) is 0 Å². The fraction of sp³-hybridized carbons (Fsp3) is 0.273. The number of rotatable bonds is 0. The summed E-state index contributed by atoms with van der Waals surface area (Å²) in [5, 5.41) is 0. The van der Waals surface area contributed by atoms with Crippen LogP contribution in [0, 0.1) is 26.0 Å². The van der Waals surface area contributed by atoms with Gasteiger partial charge in [0.1, 0.15) is 0 Å². The first-order valence-corrected chi connectivity index (χ1v) is 14.5. The van der Waals surface area contributed by atoms with Gasteiger partial charge in [-0.1, -0.05) is 36.2 Å². The van der Waals surface area contributed by atoms with Crippen LogP contribution in [0.5, 0.6) is 0 Å². The molecule has 0 N–H and O–H groups in total. The van der Waals surface area contributed by atoms with E-state index in [2.05, 4.69) is 75.5 Å². The van der Waals surface area contributed by atoms with E-state index >= 15 is 0 Å². The van der Waals surface area contributed by atoms with Gasteiger partial charge in [0, 0.05) is 0 Å². The summed E-state index contributed by atoms with van der Waals surface area (Å²) in [6.07, 6.45) is 11.0. The smallest absolute Gasteiger partial charge is 0.0253 e. The van der Waals surface area contributed by atoms with E-state index in [9.17, 15) is 0 Å². The minimum atomic E-state index is 0. The van der Waals surface area contributed by atoms with Crippen molar-refractivity contribution in [2.75, 3.05) is 0 Å². The predicted molar refractivity (Wildman–Crippen MR) is 102 cm³/mol. The summed E-state index contributed by atoms with van der Waals surface area (Å²) < 4.78 is 0.